The molecule has 4 nitrogen and oxygen atoms in total. The molecule has 1 amide bonds. The Morgan fingerprint density at radius 1 is 1.14 bits per heavy atom. The SMILES string of the molecule is Cc1ccc(C(=O)N2CCC(F)(CNCCNC3=CCCC=C3)CC2)cc1C. The van der Waals surface area contributed by atoms with Crippen molar-refractivity contribution in [3.05, 3.63) is 58.8 Å². The van der Waals surface area contributed by atoms with Gasteiger partial charge >= 0.3 is 0 Å². The monoisotopic (exact) mass is 385 g/mol. The van der Waals surface area contributed by atoms with Gasteiger partial charge in [-0.05, 0) is 56.0 Å². The number of benzene rings is 1. The molecule has 1 fully saturated rings. The van der Waals surface area contributed by atoms with Gasteiger partial charge in [0.25, 0.3) is 5.91 Å². The number of amides is 1. The number of carbonyl (C=O) groups excluding carboxylic acids is 1. The van der Waals surface area contributed by atoms with Crippen LogP contribution in [-0.2, 0) is 0 Å². The Kier molecular flexibility index (Phi) is 6.89. The molecule has 1 saturated heterocycles. The number of likely N-dealkylation sites (tertiary alicyclic amines) is 1. The molecule has 0 saturated carbocycles. The summed E-state index contributed by atoms with van der Waals surface area (Å²) in [6, 6.07) is 5.77. The lowest BCUT2D eigenvalue weighted by Gasteiger charge is -2.36. The second kappa shape index (κ2) is 9.37. The van der Waals surface area contributed by atoms with Crippen LogP contribution in [0.3, 0.4) is 0 Å². The highest BCUT2D eigenvalue weighted by Gasteiger charge is 2.35. The summed E-state index contributed by atoms with van der Waals surface area (Å²) in [5.74, 6) is 0.0103. The lowest BCUT2D eigenvalue weighted by molar-refractivity contribution is 0.0437. The Labute approximate surface area is 167 Å². The van der Waals surface area contributed by atoms with Crippen molar-refractivity contribution in [2.24, 2.45) is 0 Å². The first-order chi connectivity index (χ1) is 13.5. The molecule has 0 atom stereocenters. The number of aryl methyl sites for hydroxylation is 2. The highest BCUT2D eigenvalue weighted by molar-refractivity contribution is 5.94. The number of hydrogen-bond acceptors (Lipinski definition) is 3. The second-order valence-corrected chi connectivity index (χ2v) is 7.98. The van der Waals surface area contributed by atoms with Crippen molar-refractivity contribution >= 4 is 5.91 Å². The van der Waals surface area contributed by atoms with Crippen LogP contribution < -0.4 is 10.6 Å². The molecule has 28 heavy (non-hydrogen) atoms. The predicted molar refractivity (Wildman–Crippen MR) is 112 cm³/mol. The van der Waals surface area contributed by atoms with Crippen LogP contribution >= 0.6 is 0 Å². The number of nitrogens with zero attached hydrogens (tertiary/aromatic N) is 1. The lowest BCUT2D eigenvalue weighted by atomic mass is 9.92. The largest absolute Gasteiger partial charge is 0.384 e. The Balaban J connectivity index is 1.39. The van der Waals surface area contributed by atoms with Crippen molar-refractivity contribution in [3.8, 4) is 0 Å². The fourth-order valence-electron chi connectivity index (χ4n) is 3.70. The van der Waals surface area contributed by atoms with E-state index in [0.29, 0.717) is 38.0 Å². The molecule has 1 heterocycles. The molecule has 1 aromatic carbocycles. The second-order valence-electron chi connectivity index (χ2n) is 7.98. The van der Waals surface area contributed by atoms with E-state index in [1.54, 1.807) is 4.90 Å². The Morgan fingerprint density at radius 2 is 1.93 bits per heavy atom. The molecule has 0 unspecified atom stereocenters. The summed E-state index contributed by atoms with van der Waals surface area (Å²) in [5, 5.41) is 6.59. The first-order valence-corrected chi connectivity index (χ1v) is 10.3. The molecule has 5 heteroatoms. The highest BCUT2D eigenvalue weighted by atomic mass is 19.1. The summed E-state index contributed by atoms with van der Waals surface area (Å²) >= 11 is 0. The smallest absolute Gasteiger partial charge is 0.253 e. The van der Waals surface area contributed by atoms with Gasteiger partial charge in [-0.1, -0.05) is 18.2 Å². The summed E-state index contributed by atoms with van der Waals surface area (Å²) < 4.78 is 15.1. The number of piperidine rings is 1. The summed E-state index contributed by atoms with van der Waals surface area (Å²) in [7, 11) is 0. The third-order valence-electron chi connectivity index (χ3n) is 5.77. The zero-order chi connectivity index (χ0) is 20.0. The minimum atomic E-state index is -1.23. The van der Waals surface area contributed by atoms with Gasteiger partial charge in [0.05, 0.1) is 0 Å². The number of hydrogen-bond donors (Lipinski definition) is 2. The minimum absolute atomic E-state index is 0.0103. The molecule has 2 aliphatic rings. The van der Waals surface area contributed by atoms with Crippen molar-refractivity contribution < 1.29 is 9.18 Å². The van der Waals surface area contributed by atoms with Crippen LogP contribution in [0.5, 0.6) is 0 Å². The van der Waals surface area contributed by atoms with E-state index in [2.05, 4.69) is 28.9 Å². The number of nitrogens with one attached hydrogen (secondary N) is 2. The van der Waals surface area contributed by atoms with E-state index >= 15 is 4.39 Å². The van der Waals surface area contributed by atoms with Crippen LogP contribution in [0.25, 0.3) is 0 Å². The normalized spacial score (nSPS) is 18.7. The number of carbonyl (C=O) groups is 1. The van der Waals surface area contributed by atoms with E-state index < -0.39 is 5.67 Å². The zero-order valence-electron chi connectivity index (χ0n) is 17.1. The molecule has 152 valence electrons. The summed E-state index contributed by atoms with van der Waals surface area (Å²) in [6.45, 7) is 6.84. The van der Waals surface area contributed by atoms with Crippen LogP contribution in [0.2, 0.25) is 0 Å². The highest BCUT2D eigenvalue weighted by Crippen LogP contribution is 2.27. The maximum Gasteiger partial charge on any atom is 0.253 e. The van der Waals surface area contributed by atoms with Crippen LogP contribution in [0.1, 0.15) is 47.2 Å². The molecular formula is C23H32FN3O. The number of alkyl halides is 1. The van der Waals surface area contributed by atoms with Crippen molar-refractivity contribution in [2.75, 3.05) is 32.7 Å². The van der Waals surface area contributed by atoms with Gasteiger partial charge in [0.15, 0.2) is 0 Å². The maximum atomic E-state index is 15.1. The van der Waals surface area contributed by atoms with Gasteiger partial charge in [0.2, 0.25) is 0 Å². The van der Waals surface area contributed by atoms with Gasteiger partial charge in [-0.15, -0.1) is 0 Å². The van der Waals surface area contributed by atoms with E-state index in [4.69, 9.17) is 0 Å². The average Bonchev–Trinajstić information content (AvgIpc) is 2.71. The van der Waals surface area contributed by atoms with Crippen molar-refractivity contribution in [3.63, 3.8) is 0 Å². The first-order valence-electron chi connectivity index (χ1n) is 10.3. The molecule has 0 aromatic heterocycles. The van der Waals surface area contributed by atoms with E-state index in [9.17, 15) is 4.79 Å². The topological polar surface area (TPSA) is 44.4 Å². The fourth-order valence-corrected chi connectivity index (χ4v) is 3.70. The molecule has 1 aliphatic carbocycles. The molecule has 1 aromatic rings. The number of rotatable bonds is 7. The quantitative estimate of drug-likeness (QED) is 0.704. The standard InChI is InChI=1S/C23H32FN3O/c1-18-8-9-20(16-19(18)2)22(28)27-14-10-23(24,11-15-27)17-25-12-13-26-21-6-4-3-5-7-21/h4,6-9,16,25-26H,3,5,10-15,17H2,1-2H3. The van der Waals surface area contributed by atoms with Crippen LogP contribution in [0.4, 0.5) is 4.39 Å². The zero-order valence-corrected chi connectivity index (χ0v) is 17.1. The fraction of sp³-hybridized carbons (Fsp3) is 0.522. The van der Waals surface area contributed by atoms with Gasteiger partial charge < -0.3 is 15.5 Å². The Morgan fingerprint density at radius 3 is 2.61 bits per heavy atom. The van der Waals surface area contributed by atoms with Crippen LogP contribution in [0.15, 0.2) is 42.1 Å². The van der Waals surface area contributed by atoms with Crippen LogP contribution in [0, 0.1) is 13.8 Å². The van der Waals surface area contributed by atoms with Crippen molar-refractivity contribution in [1.82, 2.24) is 15.5 Å². The first kappa shape index (κ1) is 20.6. The molecule has 0 bridgehead atoms. The van der Waals surface area contributed by atoms with E-state index in [1.165, 1.54) is 5.56 Å². The third-order valence-corrected chi connectivity index (χ3v) is 5.77. The summed E-state index contributed by atoms with van der Waals surface area (Å²) in [4.78, 5) is 14.5. The minimum Gasteiger partial charge on any atom is -0.384 e. The number of allylic oxidation sites excluding steroid dienone is 3. The van der Waals surface area contributed by atoms with Gasteiger partial charge in [0.1, 0.15) is 5.67 Å². The molecule has 2 N–H and O–H groups in total. The maximum absolute atomic E-state index is 15.1. The summed E-state index contributed by atoms with van der Waals surface area (Å²) in [5.41, 5.74) is 2.91. The summed E-state index contributed by atoms with van der Waals surface area (Å²) in [6.07, 6.45) is 9.42. The van der Waals surface area contributed by atoms with E-state index in [0.717, 1.165) is 37.2 Å². The predicted octanol–water partition coefficient (Wildman–Crippen LogP) is 3.66. The lowest BCUT2D eigenvalue weighted by Crippen LogP contribution is -2.49. The molecule has 0 radical (unpaired) electrons. The van der Waals surface area contributed by atoms with Gasteiger partial charge in [-0.2, -0.15) is 0 Å². The van der Waals surface area contributed by atoms with Gasteiger partial charge in [-0.3, -0.25) is 4.79 Å². The molecular weight excluding hydrogens is 353 g/mol. The molecule has 1 aliphatic heterocycles. The van der Waals surface area contributed by atoms with Crippen molar-refractivity contribution in [1.29, 1.82) is 0 Å². The van der Waals surface area contributed by atoms with E-state index in [1.807, 2.05) is 32.0 Å². The Bertz CT molecular complexity index is 748. The number of halogens is 1. The average molecular weight is 386 g/mol. The van der Waals surface area contributed by atoms with E-state index in [-0.39, 0.29) is 5.91 Å². The molecule has 0 spiro atoms. The molecule has 3 rings (SSSR count). The van der Waals surface area contributed by atoms with Gasteiger partial charge in [0, 0.05) is 56.8 Å². The Hall–Kier alpha value is -2.14. The van der Waals surface area contributed by atoms with Crippen LogP contribution in [-0.4, -0.2) is 49.2 Å². The van der Waals surface area contributed by atoms with Gasteiger partial charge in [-0.25, -0.2) is 4.39 Å². The third kappa shape index (κ3) is 5.44. The van der Waals surface area contributed by atoms with Crippen molar-refractivity contribution in [2.45, 2.75) is 45.2 Å².